The largest absolute Gasteiger partial charge is 0.380 e. The highest BCUT2D eigenvalue weighted by Crippen LogP contribution is 2.29. The average Bonchev–Trinajstić information content (AvgIpc) is 2.42. The lowest BCUT2D eigenvalue weighted by atomic mass is 10.1. The molecule has 1 aliphatic rings. The molecule has 1 aromatic carbocycles. The van der Waals surface area contributed by atoms with Gasteiger partial charge in [-0.05, 0) is 46.1 Å². The second-order valence-electron chi connectivity index (χ2n) is 4.48. The van der Waals surface area contributed by atoms with E-state index in [1.54, 1.807) is 25.3 Å². The number of rotatable bonds is 4. The third kappa shape index (κ3) is 3.51. The summed E-state index contributed by atoms with van der Waals surface area (Å²) in [6.07, 6.45) is 2.63. The van der Waals surface area contributed by atoms with Gasteiger partial charge in [-0.2, -0.15) is 4.31 Å². The molecule has 2 rings (SSSR count). The van der Waals surface area contributed by atoms with Crippen molar-refractivity contribution in [1.82, 2.24) is 4.31 Å². The lowest BCUT2D eigenvalue weighted by Crippen LogP contribution is -2.35. The molecule has 0 amide bonds. The third-order valence-electron chi connectivity index (χ3n) is 3.11. The fourth-order valence-electron chi connectivity index (χ4n) is 2.04. The summed E-state index contributed by atoms with van der Waals surface area (Å²) < 4.78 is 33.2. The Labute approximate surface area is 136 Å². The molecule has 110 valence electrons. The summed E-state index contributed by atoms with van der Waals surface area (Å²) in [5.74, 6) is 0. The Balaban J connectivity index is 2.26. The fourth-order valence-corrected chi connectivity index (χ4v) is 4.89. The highest BCUT2D eigenvalue weighted by atomic mass is 79.9. The molecule has 0 unspecified atom stereocenters. The van der Waals surface area contributed by atoms with E-state index < -0.39 is 10.0 Å². The van der Waals surface area contributed by atoms with E-state index in [1.807, 2.05) is 6.08 Å². The number of benzene rings is 1. The summed E-state index contributed by atoms with van der Waals surface area (Å²) in [4.78, 5) is 0.287. The van der Waals surface area contributed by atoms with Gasteiger partial charge >= 0.3 is 0 Å². The smallest absolute Gasteiger partial charge is 0.244 e. The van der Waals surface area contributed by atoms with Gasteiger partial charge in [0, 0.05) is 29.1 Å². The minimum absolute atomic E-state index is 0.287. The molecule has 0 aliphatic carbocycles. The second-order valence-corrected chi connectivity index (χ2v) is 8.16. The van der Waals surface area contributed by atoms with Crippen LogP contribution in [0.4, 0.5) is 0 Å². The number of hydrogen-bond acceptors (Lipinski definition) is 3. The average molecular weight is 425 g/mol. The maximum atomic E-state index is 12.6. The summed E-state index contributed by atoms with van der Waals surface area (Å²) in [6.45, 7) is 1.44. The van der Waals surface area contributed by atoms with Crippen LogP contribution < -0.4 is 0 Å². The minimum atomic E-state index is -3.48. The van der Waals surface area contributed by atoms with Gasteiger partial charge < -0.3 is 4.74 Å². The summed E-state index contributed by atoms with van der Waals surface area (Å²) in [7, 11) is -1.84. The molecule has 1 aromatic rings. The molecule has 4 nitrogen and oxygen atoms in total. The van der Waals surface area contributed by atoms with Crippen LogP contribution in [0, 0.1) is 0 Å². The molecule has 0 radical (unpaired) electrons. The molecule has 0 atom stereocenters. The lowest BCUT2D eigenvalue weighted by Gasteiger charge is -2.26. The first-order chi connectivity index (χ1) is 9.45. The SMILES string of the molecule is COCC1=CCN(S(=O)(=O)c2cc(Br)ccc2Br)CC1. The van der Waals surface area contributed by atoms with Crippen molar-refractivity contribution in [1.29, 1.82) is 0 Å². The van der Waals surface area contributed by atoms with E-state index >= 15 is 0 Å². The van der Waals surface area contributed by atoms with Gasteiger partial charge in [-0.3, -0.25) is 0 Å². The predicted octanol–water partition coefficient (Wildman–Crippen LogP) is 3.18. The van der Waals surface area contributed by atoms with Gasteiger partial charge in [0.2, 0.25) is 10.0 Å². The minimum Gasteiger partial charge on any atom is -0.380 e. The maximum absolute atomic E-state index is 12.6. The van der Waals surface area contributed by atoms with Crippen LogP contribution in [0.15, 0.2) is 43.7 Å². The van der Waals surface area contributed by atoms with Crippen LogP contribution in [-0.2, 0) is 14.8 Å². The molecule has 0 spiro atoms. The van der Waals surface area contributed by atoms with Crippen LogP contribution >= 0.6 is 31.9 Å². The van der Waals surface area contributed by atoms with Crippen molar-refractivity contribution >= 4 is 41.9 Å². The zero-order valence-corrected chi connectivity index (χ0v) is 15.0. The first-order valence-corrected chi connectivity index (χ1v) is 9.10. The Bertz CT molecular complexity index is 629. The standard InChI is InChI=1S/C13H15Br2NO3S/c1-19-9-10-4-6-16(7-5-10)20(17,18)13-8-11(14)2-3-12(13)15/h2-4,8H,5-7,9H2,1H3. The highest BCUT2D eigenvalue weighted by molar-refractivity contribution is 9.11. The third-order valence-corrected chi connectivity index (χ3v) is 6.46. The number of ether oxygens (including phenoxy) is 1. The molecular formula is C13H15Br2NO3S. The molecule has 20 heavy (non-hydrogen) atoms. The summed E-state index contributed by atoms with van der Waals surface area (Å²) in [6, 6.07) is 5.15. The molecule has 0 bridgehead atoms. The van der Waals surface area contributed by atoms with Gasteiger partial charge in [-0.25, -0.2) is 8.42 Å². The van der Waals surface area contributed by atoms with Gasteiger partial charge in [0.15, 0.2) is 0 Å². The van der Waals surface area contributed by atoms with Crippen molar-refractivity contribution in [3.8, 4) is 0 Å². The first-order valence-electron chi connectivity index (χ1n) is 6.07. The molecule has 0 saturated heterocycles. The van der Waals surface area contributed by atoms with Gasteiger partial charge in [0.25, 0.3) is 0 Å². The molecule has 0 N–H and O–H groups in total. The van der Waals surface area contributed by atoms with Crippen molar-refractivity contribution in [3.05, 3.63) is 38.8 Å². The Hall–Kier alpha value is -0.210. The zero-order valence-electron chi connectivity index (χ0n) is 11.0. The van der Waals surface area contributed by atoms with E-state index in [1.165, 1.54) is 4.31 Å². The molecule has 0 fully saturated rings. The van der Waals surface area contributed by atoms with Crippen LogP contribution in [-0.4, -0.2) is 39.5 Å². The lowest BCUT2D eigenvalue weighted by molar-refractivity contribution is 0.219. The van der Waals surface area contributed by atoms with Crippen molar-refractivity contribution in [2.75, 3.05) is 26.8 Å². The van der Waals surface area contributed by atoms with Gasteiger partial charge in [0.05, 0.1) is 11.5 Å². The normalized spacial score (nSPS) is 17.1. The Morgan fingerprint density at radius 2 is 2.10 bits per heavy atom. The maximum Gasteiger partial charge on any atom is 0.244 e. The van der Waals surface area contributed by atoms with E-state index in [0.29, 0.717) is 30.6 Å². The van der Waals surface area contributed by atoms with Crippen LogP contribution in [0.1, 0.15) is 6.42 Å². The number of methoxy groups -OCH3 is 1. The zero-order chi connectivity index (χ0) is 14.8. The first kappa shape index (κ1) is 16.2. The van der Waals surface area contributed by atoms with Crippen molar-refractivity contribution in [2.45, 2.75) is 11.3 Å². The van der Waals surface area contributed by atoms with E-state index in [-0.39, 0.29) is 4.90 Å². The van der Waals surface area contributed by atoms with E-state index in [0.717, 1.165) is 10.0 Å². The molecule has 7 heteroatoms. The second kappa shape index (κ2) is 6.70. The molecule has 1 aliphatic heterocycles. The Kier molecular flexibility index (Phi) is 5.42. The molecule has 0 saturated carbocycles. The van der Waals surface area contributed by atoms with Gasteiger partial charge in [-0.15, -0.1) is 0 Å². The quantitative estimate of drug-likeness (QED) is 0.697. The van der Waals surface area contributed by atoms with Crippen LogP contribution in [0.2, 0.25) is 0 Å². The van der Waals surface area contributed by atoms with Crippen LogP contribution in [0.5, 0.6) is 0 Å². The molecule has 0 aromatic heterocycles. The van der Waals surface area contributed by atoms with Crippen molar-refractivity contribution in [3.63, 3.8) is 0 Å². The fraction of sp³-hybridized carbons (Fsp3) is 0.385. The van der Waals surface area contributed by atoms with Crippen LogP contribution in [0.25, 0.3) is 0 Å². The Morgan fingerprint density at radius 3 is 2.70 bits per heavy atom. The van der Waals surface area contributed by atoms with Crippen molar-refractivity contribution < 1.29 is 13.2 Å². The van der Waals surface area contributed by atoms with Gasteiger partial charge in [-0.1, -0.05) is 22.0 Å². The highest BCUT2D eigenvalue weighted by Gasteiger charge is 2.28. The Morgan fingerprint density at radius 1 is 1.35 bits per heavy atom. The summed E-state index contributed by atoms with van der Waals surface area (Å²) in [5.41, 5.74) is 1.15. The topological polar surface area (TPSA) is 46.6 Å². The number of halogens is 2. The van der Waals surface area contributed by atoms with Crippen LogP contribution in [0.3, 0.4) is 0 Å². The molecule has 1 heterocycles. The van der Waals surface area contributed by atoms with Gasteiger partial charge in [0.1, 0.15) is 0 Å². The number of nitrogens with zero attached hydrogens (tertiary/aromatic N) is 1. The predicted molar refractivity (Wildman–Crippen MR) is 85.2 cm³/mol. The number of sulfonamides is 1. The molecular weight excluding hydrogens is 410 g/mol. The number of hydrogen-bond donors (Lipinski definition) is 0. The summed E-state index contributed by atoms with van der Waals surface area (Å²) >= 11 is 6.62. The summed E-state index contributed by atoms with van der Waals surface area (Å²) in [5, 5.41) is 0. The van der Waals surface area contributed by atoms with E-state index in [9.17, 15) is 8.42 Å². The van der Waals surface area contributed by atoms with E-state index in [2.05, 4.69) is 31.9 Å². The van der Waals surface area contributed by atoms with E-state index in [4.69, 9.17) is 4.74 Å². The monoisotopic (exact) mass is 423 g/mol. The van der Waals surface area contributed by atoms with Crippen molar-refractivity contribution in [2.24, 2.45) is 0 Å².